The van der Waals surface area contributed by atoms with Crippen LogP contribution in [0.2, 0.25) is 0 Å². The minimum Gasteiger partial charge on any atom is -0.462 e. The number of carbonyl (C=O) groups is 2. The van der Waals surface area contributed by atoms with E-state index in [1.807, 2.05) is 0 Å². The highest BCUT2D eigenvalue weighted by Crippen LogP contribution is 2.23. The minimum atomic E-state index is -0.566. The molecule has 1 heterocycles. The summed E-state index contributed by atoms with van der Waals surface area (Å²) in [5.41, 5.74) is 0.759. The fourth-order valence-corrected chi connectivity index (χ4v) is 1.55. The molecule has 5 nitrogen and oxygen atoms in total. The number of esters is 2. The van der Waals surface area contributed by atoms with Gasteiger partial charge in [0.1, 0.15) is 11.3 Å². The zero-order valence-electron chi connectivity index (χ0n) is 10.5. The van der Waals surface area contributed by atoms with Crippen LogP contribution in [-0.4, -0.2) is 25.2 Å². The second-order valence-corrected chi connectivity index (χ2v) is 3.43. The molecule has 0 saturated heterocycles. The normalized spacial score (nSPS) is 10.1. The van der Waals surface area contributed by atoms with Crippen LogP contribution in [0.5, 0.6) is 0 Å². The van der Waals surface area contributed by atoms with Crippen molar-refractivity contribution in [3.05, 3.63) is 22.6 Å². The lowest BCUT2D eigenvalue weighted by molar-refractivity contribution is 0.0485. The molecule has 0 bridgehead atoms. The van der Waals surface area contributed by atoms with Crippen molar-refractivity contribution < 1.29 is 23.5 Å². The summed E-state index contributed by atoms with van der Waals surface area (Å²) in [6.07, 6.45) is 0. The minimum absolute atomic E-state index is 0.0624. The molecule has 0 saturated carbocycles. The second-order valence-electron chi connectivity index (χ2n) is 3.43. The Balaban J connectivity index is 3.09. The van der Waals surface area contributed by atoms with Crippen LogP contribution in [0.25, 0.3) is 0 Å². The summed E-state index contributed by atoms with van der Waals surface area (Å²) >= 11 is 0. The van der Waals surface area contributed by atoms with E-state index >= 15 is 0 Å². The molecule has 0 aliphatic rings. The third kappa shape index (κ3) is 2.67. The lowest BCUT2D eigenvalue weighted by atomic mass is 10.1. The maximum atomic E-state index is 11.6. The molecule has 0 aliphatic heterocycles. The van der Waals surface area contributed by atoms with Crippen LogP contribution >= 0.6 is 0 Å². The second kappa shape index (κ2) is 5.52. The van der Waals surface area contributed by atoms with E-state index in [-0.39, 0.29) is 19.0 Å². The maximum absolute atomic E-state index is 11.6. The van der Waals surface area contributed by atoms with Gasteiger partial charge in [-0.05, 0) is 27.7 Å². The van der Waals surface area contributed by atoms with Gasteiger partial charge in [0.25, 0.3) is 0 Å². The molecule has 0 unspecified atom stereocenters. The Hall–Kier alpha value is -1.78. The standard InChI is InChI=1S/C12H16O5/c1-5-15-11(13)9-7(3)10(17-8(9)4)12(14)16-6-2/h5-6H2,1-4H3. The summed E-state index contributed by atoms with van der Waals surface area (Å²) in [5.74, 6) is -0.623. The van der Waals surface area contributed by atoms with Crippen molar-refractivity contribution in [2.45, 2.75) is 27.7 Å². The van der Waals surface area contributed by atoms with Gasteiger partial charge >= 0.3 is 11.9 Å². The molecule has 17 heavy (non-hydrogen) atoms. The molecule has 0 atom stereocenters. The first-order chi connectivity index (χ1) is 8.02. The Kier molecular flexibility index (Phi) is 4.31. The van der Waals surface area contributed by atoms with E-state index in [2.05, 4.69) is 0 Å². The van der Waals surface area contributed by atoms with Crippen LogP contribution in [0.15, 0.2) is 4.42 Å². The number of hydrogen-bond donors (Lipinski definition) is 0. The molecule has 1 rings (SSSR count). The van der Waals surface area contributed by atoms with Crippen LogP contribution in [0, 0.1) is 13.8 Å². The Labute approximate surface area is 99.7 Å². The van der Waals surface area contributed by atoms with Crippen molar-refractivity contribution in [2.24, 2.45) is 0 Å². The summed E-state index contributed by atoms with van der Waals surface area (Å²) in [4.78, 5) is 23.2. The van der Waals surface area contributed by atoms with Gasteiger partial charge in [0.15, 0.2) is 0 Å². The van der Waals surface area contributed by atoms with E-state index < -0.39 is 11.9 Å². The topological polar surface area (TPSA) is 65.7 Å². The molecule has 0 aliphatic carbocycles. The lowest BCUT2D eigenvalue weighted by Crippen LogP contribution is -2.08. The first kappa shape index (κ1) is 13.3. The van der Waals surface area contributed by atoms with Crippen LogP contribution in [0.3, 0.4) is 0 Å². The zero-order valence-corrected chi connectivity index (χ0v) is 10.5. The van der Waals surface area contributed by atoms with Crippen molar-refractivity contribution in [3.63, 3.8) is 0 Å². The van der Waals surface area contributed by atoms with E-state index in [1.54, 1.807) is 27.7 Å². The van der Waals surface area contributed by atoms with Gasteiger partial charge in [-0.1, -0.05) is 0 Å². The van der Waals surface area contributed by atoms with Gasteiger partial charge in [0.05, 0.1) is 13.2 Å². The van der Waals surface area contributed by atoms with Gasteiger partial charge < -0.3 is 13.9 Å². The van der Waals surface area contributed by atoms with E-state index in [0.29, 0.717) is 16.9 Å². The molecule has 94 valence electrons. The van der Waals surface area contributed by atoms with Crippen LogP contribution in [0.4, 0.5) is 0 Å². The average Bonchev–Trinajstić information content (AvgIpc) is 2.55. The highest BCUT2D eigenvalue weighted by atomic mass is 16.5. The van der Waals surface area contributed by atoms with Gasteiger partial charge in [0.2, 0.25) is 5.76 Å². The van der Waals surface area contributed by atoms with E-state index in [1.165, 1.54) is 0 Å². The first-order valence-electron chi connectivity index (χ1n) is 5.47. The van der Waals surface area contributed by atoms with Gasteiger partial charge in [-0.25, -0.2) is 9.59 Å². The third-order valence-electron chi connectivity index (χ3n) is 2.26. The third-order valence-corrected chi connectivity index (χ3v) is 2.26. The zero-order chi connectivity index (χ0) is 13.0. The molecule has 0 N–H and O–H groups in total. The Morgan fingerprint density at radius 1 is 1.06 bits per heavy atom. The van der Waals surface area contributed by atoms with Crippen LogP contribution < -0.4 is 0 Å². The number of aryl methyl sites for hydroxylation is 1. The molecule has 0 radical (unpaired) electrons. The number of carbonyl (C=O) groups excluding carboxylic acids is 2. The largest absolute Gasteiger partial charge is 0.462 e. The van der Waals surface area contributed by atoms with Crippen LogP contribution in [-0.2, 0) is 9.47 Å². The lowest BCUT2D eigenvalue weighted by Gasteiger charge is -2.01. The Morgan fingerprint density at radius 2 is 1.59 bits per heavy atom. The number of hydrogen-bond acceptors (Lipinski definition) is 5. The molecular formula is C12H16O5. The average molecular weight is 240 g/mol. The van der Waals surface area contributed by atoms with E-state index in [4.69, 9.17) is 13.9 Å². The van der Waals surface area contributed by atoms with Crippen molar-refractivity contribution in [2.75, 3.05) is 13.2 Å². The molecule has 1 aromatic heterocycles. The van der Waals surface area contributed by atoms with Gasteiger partial charge in [-0.15, -0.1) is 0 Å². The monoisotopic (exact) mass is 240 g/mol. The van der Waals surface area contributed by atoms with Crippen molar-refractivity contribution >= 4 is 11.9 Å². The summed E-state index contributed by atoms with van der Waals surface area (Å²) < 4.78 is 15.0. The summed E-state index contributed by atoms with van der Waals surface area (Å²) in [7, 11) is 0. The highest BCUT2D eigenvalue weighted by molar-refractivity contribution is 5.97. The van der Waals surface area contributed by atoms with E-state index in [9.17, 15) is 9.59 Å². The van der Waals surface area contributed by atoms with Crippen molar-refractivity contribution in [1.82, 2.24) is 0 Å². The van der Waals surface area contributed by atoms with Gasteiger partial charge in [-0.3, -0.25) is 0 Å². The van der Waals surface area contributed by atoms with E-state index in [0.717, 1.165) is 0 Å². The fourth-order valence-electron chi connectivity index (χ4n) is 1.55. The fraction of sp³-hybridized carbons (Fsp3) is 0.500. The highest BCUT2D eigenvalue weighted by Gasteiger charge is 2.25. The number of furan rings is 1. The molecule has 1 aromatic rings. The van der Waals surface area contributed by atoms with Crippen molar-refractivity contribution in [1.29, 1.82) is 0 Å². The Morgan fingerprint density at radius 3 is 2.12 bits per heavy atom. The number of ether oxygens (including phenoxy) is 2. The van der Waals surface area contributed by atoms with Crippen molar-refractivity contribution in [3.8, 4) is 0 Å². The maximum Gasteiger partial charge on any atom is 0.374 e. The molecule has 0 spiro atoms. The molecule has 5 heteroatoms. The predicted octanol–water partition coefficient (Wildman–Crippen LogP) is 2.25. The summed E-state index contributed by atoms with van der Waals surface area (Å²) in [6, 6.07) is 0. The smallest absolute Gasteiger partial charge is 0.374 e. The summed E-state index contributed by atoms with van der Waals surface area (Å²) in [6.45, 7) is 7.20. The van der Waals surface area contributed by atoms with Crippen LogP contribution in [0.1, 0.15) is 46.1 Å². The van der Waals surface area contributed by atoms with Gasteiger partial charge in [-0.2, -0.15) is 0 Å². The summed E-state index contributed by atoms with van der Waals surface area (Å²) in [5, 5.41) is 0. The first-order valence-corrected chi connectivity index (χ1v) is 5.47. The predicted molar refractivity (Wildman–Crippen MR) is 60.1 cm³/mol. The van der Waals surface area contributed by atoms with Gasteiger partial charge in [0, 0.05) is 5.56 Å². The molecule has 0 aromatic carbocycles. The molecular weight excluding hydrogens is 224 g/mol. The SMILES string of the molecule is CCOC(=O)c1oc(C)c(C(=O)OCC)c1C. The molecule has 0 fully saturated rings. The molecule has 0 amide bonds. The Bertz CT molecular complexity index is 430. The quantitative estimate of drug-likeness (QED) is 0.755. The number of rotatable bonds is 4.